The molecule has 1 atom stereocenters. The highest BCUT2D eigenvalue weighted by Gasteiger charge is 2.30. The highest BCUT2D eigenvalue weighted by molar-refractivity contribution is 5.94. The molecule has 0 saturated heterocycles. The standard InChI is InChI=1S/C13H14F3NO4/c1-8(21-7-13(14,15)16)12(18)17-9-2-3-10-11(6-9)20-5-4-19-10/h2-3,6,8H,4-5,7H2,1H3,(H,17,18)/t8-/m1/s1. The number of ether oxygens (including phenoxy) is 3. The number of alkyl halides is 3. The van der Waals surface area contributed by atoms with E-state index in [0.717, 1.165) is 0 Å². The van der Waals surface area contributed by atoms with Crippen molar-refractivity contribution in [1.29, 1.82) is 0 Å². The number of halogens is 3. The maximum atomic E-state index is 12.0. The van der Waals surface area contributed by atoms with Crippen LogP contribution in [-0.2, 0) is 9.53 Å². The molecule has 1 aromatic carbocycles. The van der Waals surface area contributed by atoms with Gasteiger partial charge in [0.15, 0.2) is 11.5 Å². The highest BCUT2D eigenvalue weighted by atomic mass is 19.4. The molecular weight excluding hydrogens is 291 g/mol. The predicted molar refractivity (Wildman–Crippen MR) is 67.5 cm³/mol. The number of carbonyl (C=O) groups excluding carboxylic acids is 1. The molecule has 21 heavy (non-hydrogen) atoms. The molecule has 5 nitrogen and oxygen atoms in total. The number of rotatable bonds is 4. The van der Waals surface area contributed by atoms with Gasteiger partial charge in [0, 0.05) is 11.8 Å². The molecule has 0 aromatic heterocycles. The van der Waals surface area contributed by atoms with E-state index in [1.54, 1.807) is 18.2 Å². The van der Waals surface area contributed by atoms with Gasteiger partial charge in [-0.2, -0.15) is 13.2 Å². The van der Waals surface area contributed by atoms with Crippen LogP contribution >= 0.6 is 0 Å². The summed E-state index contributed by atoms with van der Waals surface area (Å²) in [5, 5.41) is 2.46. The molecule has 0 bridgehead atoms. The van der Waals surface area contributed by atoms with E-state index in [4.69, 9.17) is 9.47 Å². The van der Waals surface area contributed by atoms with Gasteiger partial charge in [0.2, 0.25) is 0 Å². The quantitative estimate of drug-likeness (QED) is 0.928. The lowest BCUT2D eigenvalue weighted by atomic mass is 10.2. The van der Waals surface area contributed by atoms with E-state index in [2.05, 4.69) is 10.1 Å². The van der Waals surface area contributed by atoms with E-state index in [9.17, 15) is 18.0 Å². The van der Waals surface area contributed by atoms with E-state index in [1.165, 1.54) is 6.92 Å². The van der Waals surface area contributed by atoms with Gasteiger partial charge in [0.1, 0.15) is 25.9 Å². The molecule has 1 aliphatic heterocycles. The molecule has 0 aliphatic carbocycles. The highest BCUT2D eigenvalue weighted by Crippen LogP contribution is 2.32. The van der Waals surface area contributed by atoms with Gasteiger partial charge in [0.05, 0.1) is 0 Å². The van der Waals surface area contributed by atoms with Gasteiger partial charge in [-0.3, -0.25) is 4.79 Å². The molecule has 1 aliphatic rings. The normalized spacial score (nSPS) is 15.4. The number of anilines is 1. The molecule has 8 heteroatoms. The van der Waals surface area contributed by atoms with Crippen molar-refractivity contribution in [3.8, 4) is 11.5 Å². The number of carbonyl (C=O) groups is 1. The van der Waals surface area contributed by atoms with Crippen LogP contribution in [0.15, 0.2) is 18.2 Å². The maximum Gasteiger partial charge on any atom is 0.411 e. The predicted octanol–water partition coefficient (Wildman–Crippen LogP) is 2.36. The third-order valence-corrected chi connectivity index (χ3v) is 2.68. The fraction of sp³-hybridized carbons (Fsp3) is 0.462. The smallest absolute Gasteiger partial charge is 0.411 e. The Hall–Kier alpha value is -1.96. The van der Waals surface area contributed by atoms with Crippen molar-refractivity contribution in [1.82, 2.24) is 0 Å². The van der Waals surface area contributed by atoms with Crippen molar-refractivity contribution in [2.75, 3.05) is 25.1 Å². The average molecular weight is 305 g/mol. The zero-order valence-electron chi connectivity index (χ0n) is 11.2. The molecule has 1 aromatic rings. The minimum atomic E-state index is -4.47. The first kappa shape index (κ1) is 15.4. The van der Waals surface area contributed by atoms with Gasteiger partial charge in [0.25, 0.3) is 5.91 Å². The lowest BCUT2D eigenvalue weighted by molar-refractivity contribution is -0.184. The molecule has 2 rings (SSSR count). The van der Waals surface area contributed by atoms with Crippen molar-refractivity contribution in [2.45, 2.75) is 19.2 Å². The van der Waals surface area contributed by atoms with Crippen molar-refractivity contribution in [3.63, 3.8) is 0 Å². The first-order valence-corrected chi connectivity index (χ1v) is 6.24. The van der Waals surface area contributed by atoms with Gasteiger partial charge in [-0.25, -0.2) is 0 Å². The summed E-state index contributed by atoms with van der Waals surface area (Å²) >= 11 is 0. The Morgan fingerprint density at radius 3 is 2.67 bits per heavy atom. The number of amides is 1. The Balaban J connectivity index is 1.93. The summed E-state index contributed by atoms with van der Waals surface area (Å²) in [6, 6.07) is 4.73. The molecule has 0 radical (unpaired) electrons. The Morgan fingerprint density at radius 2 is 2.00 bits per heavy atom. The molecule has 0 spiro atoms. The lowest BCUT2D eigenvalue weighted by Crippen LogP contribution is -2.31. The van der Waals surface area contributed by atoms with E-state index in [0.29, 0.717) is 30.4 Å². The van der Waals surface area contributed by atoms with E-state index < -0.39 is 24.8 Å². The van der Waals surface area contributed by atoms with E-state index in [-0.39, 0.29) is 0 Å². The largest absolute Gasteiger partial charge is 0.486 e. The second kappa shape index (κ2) is 6.21. The van der Waals surface area contributed by atoms with Gasteiger partial charge in [-0.05, 0) is 19.1 Å². The zero-order valence-corrected chi connectivity index (χ0v) is 11.2. The monoisotopic (exact) mass is 305 g/mol. The van der Waals surface area contributed by atoms with Crippen LogP contribution < -0.4 is 14.8 Å². The Labute approximate surface area is 119 Å². The van der Waals surface area contributed by atoms with Crippen molar-refractivity contribution in [2.24, 2.45) is 0 Å². The van der Waals surface area contributed by atoms with Crippen LogP contribution in [0.5, 0.6) is 11.5 Å². The van der Waals surface area contributed by atoms with Gasteiger partial charge in [-0.15, -0.1) is 0 Å². The average Bonchev–Trinajstić information content (AvgIpc) is 2.43. The van der Waals surface area contributed by atoms with Crippen molar-refractivity contribution >= 4 is 11.6 Å². The van der Waals surface area contributed by atoms with E-state index in [1.807, 2.05) is 0 Å². The molecule has 0 saturated carbocycles. The molecular formula is C13H14F3NO4. The van der Waals surface area contributed by atoms with Crippen LogP contribution in [0, 0.1) is 0 Å². The number of benzene rings is 1. The van der Waals surface area contributed by atoms with Crippen LogP contribution in [0.1, 0.15) is 6.92 Å². The summed E-state index contributed by atoms with van der Waals surface area (Å²) in [5.74, 6) is 0.361. The summed E-state index contributed by atoms with van der Waals surface area (Å²) in [7, 11) is 0. The Kier molecular flexibility index (Phi) is 4.56. The van der Waals surface area contributed by atoms with Crippen LogP contribution in [0.4, 0.5) is 18.9 Å². The minimum absolute atomic E-state index is 0.395. The molecule has 0 unspecified atom stereocenters. The molecule has 1 N–H and O–H groups in total. The molecule has 1 amide bonds. The van der Waals surface area contributed by atoms with Gasteiger partial charge < -0.3 is 19.5 Å². The van der Waals surface area contributed by atoms with Crippen LogP contribution in [0.2, 0.25) is 0 Å². The fourth-order valence-electron chi connectivity index (χ4n) is 1.66. The van der Waals surface area contributed by atoms with Crippen molar-refractivity contribution < 1.29 is 32.2 Å². The summed E-state index contributed by atoms with van der Waals surface area (Å²) in [6.07, 6.45) is -5.69. The summed E-state index contributed by atoms with van der Waals surface area (Å²) in [5.41, 5.74) is 0.395. The second-order valence-electron chi connectivity index (χ2n) is 4.42. The molecule has 116 valence electrons. The third kappa shape index (κ3) is 4.52. The van der Waals surface area contributed by atoms with Crippen LogP contribution in [0.3, 0.4) is 0 Å². The summed E-state index contributed by atoms with van der Waals surface area (Å²) in [4.78, 5) is 11.7. The number of fused-ring (bicyclic) bond motifs is 1. The second-order valence-corrected chi connectivity index (χ2v) is 4.42. The van der Waals surface area contributed by atoms with Gasteiger partial charge in [-0.1, -0.05) is 0 Å². The topological polar surface area (TPSA) is 56.8 Å². The van der Waals surface area contributed by atoms with Crippen LogP contribution in [-0.4, -0.2) is 38.0 Å². The Morgan fingerprint density at radius 1 is 1.33 bits per heavy atom. The lowest BCUT2D eigenvalue weighted by Gasteiger charge is -2.19. The zero-order chi connectivity index (χ0) is 15.5. The SMILES string of the molecule is C[C@@H](OCC(F)(F)F)C(=O)Nc1ccc2c(c1)OCCO2. The third-order valence-electron chi connectivity index (χ3n) is 2.68. The number of hydrogen-bond acceptors (Lipinski definition) is 4. The fourth-order valence-corrected chi connectivity index (χ4v) is 1.66. The Bertz CT molecular complexity index is 519. The first-order chi connectivity index (χ1) is 9.85. The summed E-state index contributed by atoms with van der Waals surface area (Å²) in [6.45, 7) is 0.623. The maximum absolute atomic E-state index is 12.0. The first-order valence-electron chi connectivity index (χ1n) is 6.24. The minimum Gasteiger partial charge on any atom is -0.486 e. The number of hydrogen-bond donors (Lipinski definition) is 1. The van der Waals surface area contributed by atoms with E-state index >= 15 is 0 Å². The van der Waals surface area contributed by atoms with Gasteiger partial charge >= 0.3 is 6.18 Å². The molecule has 1 heterocycles. The summed E-state index contributed by atoms with van der Waals surface area (Å²) < 4.78 is 51.1. The molecule has 0 fully saturated rings. The number of nitrogens with one attached hydrogen (secondary N) is 1. The van der Waals surface area contributed by atoms with Crippen LogP contribution in [0.25, 0.3) is 0 Å². The van der Waals surface area contributed by atoms with Crippen molar-refractivity contribution in [3.05, 3.63) is 18.2 Å².